The van der Waals surface area contributed by atoms with Gasteiger partial charge in [-0.2, -0.15) is 0 Å². The van der Waals surface area contributed by atoms with Crippen LogP contribution in [0.3, 0.4) is 0 Å². The molecule has 1 aliphatic rings. The lowest BCUT2D eigenvalue weighted by Gasteiger charge is -2.39. The first-order chi connectivity index (χ1) is 17.3. The van der Waals surface area contributed by atoms with E-state index in [0.717, 1.165) is 11.3 Å². The summed E-state index contributed by atoms with van der Waals surface area (Å²) in [6, 6.07) is 9.18. The van der Waals surface area contributed by atoms with Crippen LogP contribution in [-0.2, 0) is 9.53 Å². The van der Waals surface area contributed by atoms with Crippen molar-refractivity contribution in [3.8, 4) is 5.75 Å². The van der Waals surface area contributed by atoms with Crippen molar-refractivity contribution in [3.63, 3.8) is 0 Å². The number of para-hydroxylation sites is 1. The van der Waals surface area contributed by atoms with Gasteiger partial charge in [-0.25, -0.2) is 9.78 Å². The SMILES string of the molecule is CC.COCCOc1cc(Cl)ncc1NC(=O)N(c1ccccc1C(C)C)C1CCN(C(C)=O)CC1. The lowest BCUT2D eigenvalue weighted by molar-refractivity contribution is -0.129. The number of carbonyl (C=O) groups excluding carboxylic acids is 2. The van der Waals surface area contributed by atoms with Crippen LogP contribution in [0.2, 0.25) is 5.15 Å². The Labute approximate surface area is 219 Å². The number of hydrogen-bond donors (Lipinski definition) is 1. The minimum Gasteiger partial charge on any atom is -0.489 e. The third-order valence-electron chi connectivity index (χ3n) is 5.93. The molecule has 0 atom stereocenters. The second-order valence-electron chi connectivity index (χ2n) is 8.60. The van der Waals surface area contributed by atoms with Crippen molar-refractivity contribution in [3.05, 3.63) is 47.2 Å². The minimum absolute atomic E-state index is 0.0575. The van der Waals surface area contributed by atoms with Crippen molar-refractivity contribution >= 4 is 34.9 Å². The summed E-state index contributed by atoms with van der Waals surface area (Å²) >= 11 is 6.06. The molecule has 198 valence electrons. The highest BCUT2D eigenvalue weighted by atomic mass is 35.5. The van der Waals surface area contributed by atoms with Crippen molar-refractivity contribution in [1.29, 1.82) is 0 Å². The van der Waals surface area contributed by atoms with Crippen LogP contribution in [0.4, 0.5) is 16.2 Å². The molecule has 0 aliphatic carbocycles. The van der Waals surface area contributed by atoms with Gasteiger partial charge in [-0.15, -0.1) is 0 Å². The third-order valence-corrected chi connectivity index (χ3v) is 6.14. The summed E-state index contributed by atoms with van der Waals surface area (Å²) in [5, 5.41) is 3.25. The Morgan fingerprint density at radius 2 is 1.86 bits per heavy atom. The lowest BCUT2D eigenvalue weighted by Crippen LogP contribution is -2.50. The summed E-state index contributed by atoms with van der Waals surface area (Å²) in [6.45, 7) is 11.7. The predicted molar refractivity (Wildman–Crippen MR) is 145 cm³/mol. The second kappa shape index (κ2) is 14.7. The number of ether oxygens (including phenoxy) is 2. The average Bonchev–Trinajstić information content (AvgIpc) is 2.87. The molecule has 3 amide bonds. The van der Waals surface area contributed by atoms with Crippen LogP contribution < -0.4 is 15.0 Å². The maximum Gasteiger partial charge on any atom is 0.326 e. The molecule has 1 aromatic carbocycles. The number of urea groups is 1. The van der Waals surface area contributed by atoms with E-state index in [2.05, 4.69) is 24.1 Å². The zero-order chi connectivity index (χ0) is 26.7. The first-order valence-electron chi connectivity index (χ1n) is 12.5. The summed E-state index contributed by atoms with van der Waals surface area (Å²) in [5.41, 5.74) is 2.37. The van der Waals surface area contributed by atoms with E-state index in [1.54, 1.807) is 20.1 Å². The standard InChI is InChI=1S/C25H33ClN4O4.C2H6/c1-17(2)20-7-5-6-8-22(20)30(19-9-11-29(12-10-19)18(3)31)25(32)28-21-16-27-24(26)15-23(21)34-14-13-33-4;1-2/h5-8,15-17,19H,9-14H2,1-4H3,(H,28,32);1-2H3. The van der Waals surface area contributed by atoms with Gasteiger partial charge in [-0.1, -0.05) is 57.5 Å². The van der Waals surface area contributed by atoms with Crippen LogP contribution in [0.5, 0.6) is 5.75 Å². The number of anilines is 2. The molecule has 1 aromatic heterocycles. The molecule has 1 aliphatic heterocycles. The number of piperidine rings is 1. The number of aromatic nitrogens is 1. The van der Waals surface area contributed by atoms with E-state index < -0.39 is 0 Å². The highest BCUT2D eigenvalue weighted by Gasteiger charge is 2.32. The molecule has 0 unspecified atom stereocenters. The molecule has 8 nitrogen and oxygen atoms in total. The van der Waals surface area contributed by atoms with Crippen LogP contribution in [-0.4, -0.2) is 61.3 Å². The maximum atomic E-state index is 13.8. The number of amides is 3. The van der Waals surface area contributed by atoms with E-state index in [9.17, 15) is 9.59 Å². The molecular formula is C27H39ClN4O4. The molecule has 0 radical (unpaired) electrons. The van der Waals surface area contributed by atoms with Gasteiger partial charge in [0.25, 0.3) is 0 Å². The van der Waals surface area contributed by atoms with E-state index in [1.165, 1.54) is 6.20 Å². The van der Waals surface area contributed by atoms with Gasteiger partial charge in [-0.3, -0.25) is 9.69 Å². The van der Waals surface area contributed by atoms with Crippen molar-refractivity contribution in [2.24, 2.45) is 0 Å². The fraction of sp³-hybridized carbons (Fsp3) is 0.519. The summed E-state index contributed by atoms with van der Waals surface area (Å²) in [4.78, 5) is 33.4. The molecule has 0 bridgehead atoms. The highest BCUT2D eigenvalue weighted by molar-refractivity contribution is 6.29. The largest absolute Gasteiger partial charge is 0.489 e. The van der Waals surface area contributed by atoms with Crippen LogP contribution in [0, 0.1) is 0 Å². The number of nitrogens with one attached hydrogen (secondary N) is 1. The summed E-state index contributed by atoms with van der Waals surface area (Å²) in [5.74, 6) is 0.713. The van der Waals surface area contributed by atoms with Crippen molar-refractivity contribution < 1.29 is 19.1 Å². The highest BCUT2D eigenvalue weighted by Crippen LogP contribution is 2.33. The summed E-state index contributed by atoms with van der Waals surface area (Å²) in [6.07, 6.45) is 2.87. The zero-order valence-corrected chi connectivity index (χ0v) is 23.0. The number of likely N-dealkylation sites (tertiary alicyclic amines) is 1. The molecule has 1 saturated heterocycles. The van der Waals surface area contributed by atoms with Crippen LogP contribution >= 0.6 is 11.6 Å². The molecular weight excluding hydrogens is 480 g/mol. The van der Waals surface area contributed by atoms with Gasteiger partial charge in [-0.05, 0) is 30.4 Å². The van der Waals surface area contributed by atoms with Gasteiger partial charge >= 0.3 is 6.03 Å². The molecule has 2 aromatic rings. The van der Waals surface area contributed by atoms with Crippen molar-refractivity contribution in [2.45, 2.75) is 59.4 Å². The normalized spacial score (nSPS) is 13.6. The Morgan fingerprint density at radius 3 is 2.47 bits per heavy atom. The average molecular weight is 519 g/mol. The van der Waals surface area contributed by atoms with Crippen molar-refractivity contribution in [2.75, 3.05) is 43.6 Å². The number of methoxy groups -OCH3 is 1. The van der Waals surface area contributed by atoms with Crippen LogP contribution in [0.1, 0.15) is 58.9 Å². The monoisotopic (exact) mass is 518 g/mol. The first-order valence-corrected chi connectivity index (χ1v) is 12.9. The van der Waals surface area contributed by atoms with E-state index in [4.69, 9.17) is 21.1 Å². The van der Waals surface area contributed by atoms with Gasteiger partial charge in [0, 0.05) is 44.9 Å². The quantitative estimate of drug-likeness (QED) is 0.344. The number of rotatable bonds is 8. The van der Waals surface area contributed by atoms with Crippen molar-refractivity contribution in [1.82, 2.24) is 9.88 Å². The van der Waals surface area contributed by atoms with Crippen LogP contribution in [0.25, 0.3) is 0 Å². The lowest BCUT2D eigenvalue weighted by atomic mass is 9.97. The fourth-order valence-electron chi connectivity index (χ4n) is 4.14. The molecule has 1 fully saturated rings. The minimum atomic E-state index is -0.282. The van der Waals surface area contributed by atoms with Gasteiger partial charge in [0.05, 0.1) is 12.8 Å². The molecule has 9 heteroatoms. The Hall–Kier alpha value is -2.84. The predicted octanol–water partition coefficient (Wildman–Crippen LogP) is 5.96. The number of halogens is 1. The van der Waals surface area contributed by atoms with Gasteiger partial charge in [0.1, 0.15) is 23.2 Å². The first kappa shape index (κ1) is 29.4. The Kier molecular flexibility index (Phi) is 12.0. The number of benzene rings is 1. The topological polar surface area (TPSA) is 84.0 Å². The molecule has 36 heavy (non-hydrogen) atoms. The third kappa shape index (κ3) is 7.83. The number of pyridine rings is 1. The Balaban J connectivity index is 0.00000222. The molecule has 1 N–H and O–H groups in total. The fourth-order valence-corrected chi connectivity index (χ4v) is 4.29. The number of carbonyl (C=O) groups is 2. The molecule has 0 saturated carbocycles. The smallest absolute Gasteiger partial charge is 0.326 e. The maximum absolute atomic E-state index is 13.8. The summed E-state index contributed by atoms with van der Waals surface area (Å²) in [7, 11) is 1.59. The molecule has 0 spiro atoms. The van der Waals surface area contributed by atoms with E-state index in [0.29, 0.717) is 50.6 Å². The molecule has 2 heterocycles. The Bertz CT molecular complexity index is 993. The number of nitrogens with zero attached hydrogens (tertiary/aromatic N) is 3. The van der Waals surface area contributed by atoms with E-state index in [-0.39, 0.29) is 29.1 Å². The van der Waals surface area contributed by atoms with Gasteiger partial charge < -0.3 is 19.7 Å². The molecule has 3 rings (SSSR count). The van der Waals surface area contributed by atoms with Crippen LogP contribution in [0.15, 0.2) is 36.5 Å². The Morgan fingerprint density at radius 1 is 1.19 bits per heavy atom. The van der Waals surface area contributed by atoms with Gasteiger partial charge in [0.15, 0.2) is 0 Å². The zero-order valence-electron chi connectivity index (χ0n) is 22.2. The van der Waals surface area contributed by atoms with Gasteiger partial charge in [0.2, 0.25) is 5.91 Å². The number of hydrogen-bond acceptors (Lipinski definition) is 5. The second-order valence-corrected chi connectivity index (χ2v) is 8.98. The van der Waals surface area contributed by atoms with E-state index in [1.807, 2.05) is 47.9 Å². The van der Waals surface area contributed by atoms with E-state index >= 15 is 0 Å². The summed E-state index contributed by atoms with van der Waals surface area (Å²) < 4.78 is 10.8.